The molecule has 20 heavy (non-hydrogen) atoms. The SMILES string of the molecule is CC(C)CC(=O)N[C@H](CCCc1ccccc1)C(=O)O. The Morgan fingerprint density at radius 3 is 2.40 bits per heavy atom. The summed E-state index contributed by atoms with van der Waals surface area (Å²) in [7, 11) is 0. The quantitative estimate of drug-likeness (QED) is 0.767. The van der Waals surface area contributed by atoms with Crippen LogP contribution in [0.15, 0.2) is 30.3 Å². The Bertz CT molecular complexity index is 429. The molecule has 2 N–H and O–H groups in total. The maximum atomic E-state index is 11.6. The van der Waals surface area contributed by atoms with E-state index >= 15 is 0 Å². The van der Waals surface area contributed by atoms with Crippen molar-refractivity contribution in [3.8, 4) is 0 Å². The minimum Gasteiger partial charge on any atom is -0.480 e. The predicted octanol–water partition coefficient (Wildman–Crippen LogP) is 2.62. The van der Waals surface area contributed by atoms with Crippen LogP contribution in [0.5, 0.6) is 0 Å². The summed E-state index contributed by atoms with van der Waals surface area (Å²) in [6.45, 7) is 3.87. The Hall–Kier alpha value is -1.84. The number of nitrogens with one attached hydrogen (secondary N) is 1. The molecule has 4 heteroatoms. The first kappa shape index (κ1) is 16.2. The van der Waals surface area contributed by atoms with Gasteiger partial charge in [-0.25, -0.2) is 4.79 Å². The van der Waals surface area contributed by atoms with Gasteiger partial charge in [0.2, 0.25) is 5.91 Å². The highest BCUT2D eigenvalue weighted by atomic mass is 16.4. The lowest BCUT2D eigenvalue weighted by Gasteiger charge is -2.15. The third-order valence-corrected chi connectivity index (χ3v) is 3.03. The van der Waals surface area contributed by atoms with Crippen molar-refractivity contribution in [3.63, 3.8) is 0 Å². The zero-order valence-corrected chi connectivity index (χ0v) is 12.1. The van der Waals surface area contributed by atoms with Crippen LogP contribution in [0.4, 0.5) is 0 Å². The Morgan fingerprint density at radius 1 is 1.20 bits per heavy atom. The summed E-state index contributed by atoms with van der Waals surface area (Å²) >= 11 is 0. The summed E-state index contributed by atoms with van der Waals surface area (Å²) in [5.74, 6) is -0.920. The van der Waals surface area contributed by atoms with Gasteiger partial charge in [-0.3, -0.25) is 4.79 Å². The van der Waals surface area contributed by atoms with Crippen LogP contribution in [-0.2, 0) is 16.0 Å². The highest BCUT2D eigenvalue weighted by Crippen LogP contribution is 2.08. The lowest BCUT2D eigenvalue weighted by atomic mass is 10.0. The van der Waals surface area contributed by atoms with Gasteiger partial charge in [-0.15, -0.1) is 0 Å². The monoisotopic (exact) mass is 277 g/mol. The summed E-state index contributed by atoms with van der Waals surface area (Å²) in [6.07, 6.45) is 2.38. The van der Waals surface area contributed by atoms with Gasteiger partial charge >= 0.3 is 5.97 Å². The summed E-state index contributed by atoms with van der Waals surface area (Å²) < 4.78 is 0. The molecule has 0 aliphatic heterocycles. The average molecular weight is 277 g/mol. The van der Waals surface area contributed by atoms with Gasteiger partial charge < -0.3 is 10.4 Å². The molecule has 0 unspecified atom stereocenters. The lowest BCUT2D eigenvalue weighted by molar-refractivity contribution is -0.142. The second-order valence-corrected chi connectivity index (χ2v) is 5.43. The summed E-state index contributed by atoms with van der Waals surface area (Å²) in [5, 5.41) is 11.7. The van der Waals surface area contributed by atoms with E-state index < -0.39 is 12.0 Å². The zero-order valence-electron chi connectivity index (χ0n) is 12.1. The van der Waals surface area contributed by atoms with Crippen LogP contribution < -0.4 is 5.32 Å². The third-order valence-electron chi connectivity index (χ3n) is 3.03. The number of aliphatic carboxylic acids is 1. The molecule has 1 atom stereocenters. The molecular formula is C16H23NO3. The largest absolute Gasteiger partial charge is 0.480 e. The molecule has 0 saturated carbocycles. The highest BCUT2D eigenvalue weighted by Gasteiger charge is 2.19. The van der Waals surface area contributed by atoms with Crippen LogP contribution in [0, 0.1) is 5.92 Å². The molecule has 110 valence electrons. The van der Waals surface area contributed by atoms with Crippen molar-refractivity contribution in [2.75, 3.05) is 0 Å². The maximum Gasteiger partial charge on any atom is 0.326 e. The van der Waals surface area contributed by atoms with Gasteiger partial charge in [-0.05, 0) is 30.7 Å². The molecule has 1 aromatic carbocycles. The molecule has 0 aromatic heterocycles. The van der Waals surface area contributed by atoms with Crippen molar-refractivity contribution in [3.05, 3.63) is 35.9 Å². The number of carboxylic acids is 1. The van der Waals surface area contributed by atoms with Gasteiger partial charge in [0.25, 0.3) is 0 Å². The number of benzene rings is 1. The average Bonchev–Trinajstić information content (AvgIpc) is 2.37. The number of rotatable bonds is 8. The number of amides is 1. The molecule has 0 spiro atoms. The molecule has 0 fully saturated rings. The van der Waals surface area contributed by atoms with Crippen LogP contribution >= 0.6 is 0 Å². The van der Waals surface area contributed by atoms with E-state index in [2.05, 4.69) is 5.32 Å². The molecule has 1 aromatic rings. The molecule has 0 saturated heterocycles. The van der Waals surface area contributed by atoms with Crippen molar-refractivity contribution < 1.29 is 14.7 Å². The van der Waals surface area contributed by atoms with E-state index in [9.17, 15) is 9.59 Å². The van der Waals surface area contributed by atoms with Crippen LogP contribution in [0.3, 0.4) is 0 Å². The first-order valence-electron chi connectivity index (χ1n) is 7.05. The Balaban J connectivity index is 2.39. The second kappa shape index (κ2) is 8.35. The molecule has 0 radical (unpaired) electrons. The van der Waals surface area contributed by atoms with Crippen molar-refractivity contribution in [1.82, 2.24) is 5.32 Å². The first-order valence-corrected chi connectivity index (χ1v) is 7.05. The van der Waals surface area contributed by atoms with Gasteiger partial charge in [0.1, 0.15) is 6.04 Å². The minimum absolute atomic E-state index is 0.188. The van der Waals surface area contributed by atoms with Crippen LogP contribution in [0.1, 0.15) is 38.7 Å². The molecule has 1 amide bonds. The van der Waals surface area contributed by atoms with Gasteiger partial charge in [0.05, 0.1) is 0 Å². The van der Waals surface area contributed by atoms with E-state index in [4.69, 9.17) is 5.11 Å². The van der Waals surface area contributed by atoms with E-state index in [-0.39, 0.29) is 11.8 Å². The first-order chi connectivity index (χ1) is 9.49. The lowest BCUT2D eigenvalue weighted by Crippen LogP contribution is -2.41. The van der Waals surface area contributed by atoms with Crippen LogP contribution in [0.25, 0.3) is 0 Å². The standard InChI is InChI=1S/C16H23NO3/c1-12(2)11-15(18)17-14(16(19)20)10-6-9-13-7-4-3-5-8-13/h3-5,7-8,12,14H,6,9-11H2,1-2H3,(H,17,18)(H,19,20)/t14-/m1/s1. The van der Waals surface area contributed by atoms with Crippen molar-refractivity contribution in [2.24, 2.45) is 5.92 Å². The van der Waals surface area contributed by atoms with Crippen molar-refractivity contribution >= 4 is 11.9 Å². The fraction of sp³-hybridized carbons (Fsp3) is 0.500. The number of carboxylic acid groups (broad SMARTS) is 1. The number of carbonyl (C=O) groups is 2. The fourth-order valence-corrected chi connectivity index (χ4v) is 2.04. The Labute approximate surface area is 120 Å². The van der Waals surface area contributed by atoms with Gasteiger partial charge in [0.15, 0.2) is 0 Å². The van der Waals surface area contributed by atoms with Crippen molar-refractivity contribution in [1.29, 1.82) is 0 Å². The third kappa shape index (κ3) is 6.36. The van der Waals surface area contributed by atoms with E-state index in [1.54, 1.807) is 0 Å². The Kier molecular flexibility index (Phi) is 6.77. The maximum absolute atomic E-state index is 11.6. The summed E-state index contributed by atoms with van der Waals surface area (Å²) in [4.78, 5) is 22.8. The molecule has 0 aliphatic carbocycles. The topological polar surface area (TPSA) is 66.4 Å². The molecular weight excluding hydrogens is 254 g/mol. The number of aryl methyl sites for hydroxylation is 1. The molecule has 0 heterocycles. The highest BCUT2D eigenvalue weighted by molar-refractivity contribution is 5.83. The summed E-state index contributed by atoms with van der Waals surface area (Å²) in [6, 6.07) is 9.14. The van der Waals surface area contributed by atoms with E-state index in [1.807, 2.05) is 44.2 Å². The van der Waals surface area contributed by atoms with Crippen LogP contribution in [-0.4, -0.2) is 23.0 Å². The number of hydrogen-bond donors (Lipinski definition) is 2. The van der Waals surface area contributed by atoms with E-state index in [0.29, 0.717) is 12.8 Å². The molecule has 0 aliphatic rings. The van der Waals surface area contributed by atoms with Gasteiger partial charge in [0, 0.05) is 6.42 Å². The fourth-order valence-electron chi connectivity index (χ4n) is 2.04. The van der Waals surface area contributed by atoms with Crippen molar-refractivity contribution in [2.45, 2.75) is 45.6 Å². The smallest absolute Gasteiger partial charge is 0.326 e. The number of hydrogen-bond acceptors (Lipinski definition) is 2. The van der Waals surface area contributed by atoms with Gasteiger partial charge in [-0.2, -0.15) is 0 Å². The van der Waals surface area contributed by atoms with E-state index in [1.165, 1.54) is 5.56 Å². The summed E-state index contributed by atoms with van der Waals surface area (Å²) in [5.41, 5.74) is 1.19. The molecule has 1 rings (SSSR count). The second-order valence-electron chi connectivity index (χ2n) is 5.43. The Morgan fingerprint density at radius 2 is 1.85 bits per heavy atom. The predicted molar refractivity (Wildman–Crippen MR) is 78.4 cm³/mol. The molecule has 4 nitrogen and oxygen atoms in total. The zero-order chi connectivity index (χ0) is 15.0. The van der Waals surface area contributed by atoms with Crippen LogP contribution in [0.2, 0.25) is 0 Å². The molecule has 0 bridgehead atoms. The van der Waals surface area contributed by atoms with Gasteiger partial charge in [-0.1, -0.05) is 44.2 Å². The minimum atomic E-state index is -0.963. The van der Waals surface area contributed by atoms with E-state index in [0.717, 1.165) is 12.8 Å². The normalized spacial score (nSPS) is 12.2. The number of carbonyl (C=O) groups excluding carboxylic acids is 1.